The van der Waals surface area contributed by atoms with Crippen LogP contribution in [-0.2, 0) is 22.7 Å². The molecule has 228 valence electrons. The van der Waals surface area contributed by atoms with Gasteiger partial charge in [-0.05, 0) is 48.5 Å². The summed E-state index contributed by atoms with van der Waals surface area (Å²) in [5, 5.41) is 20.3. The van der Waals surface area contributed by atoms with Crippen molar-refractivity contribution in [3.63, 3.8) is 0 Å². The van der Waals surface area contributed by atoms with Crippen molar-refractivity contribution in [2.45, 2.75) is 17.6 Å². The maximum Gasteiger partial charge on any atom is 0.416 e. The van der Waals surface area contributed by atoms with Gasteiger partial charge in [-0.2, -0.15) is 13.2 Å². The van der Waals surface area contributed by atoms with Crippen molar-refractivity contribution in [3.05, 3.63) is 94.9 Å². The van der Waals surface area contributed by atoms with Crippen molar-refractivity contribution in [2.75, 3.05) is 26.2 Å². The zero-order valence-corrected chi connectivity index (χ0v) is 23.6. The SMILES string of the molecule is O=C1/C(=C/c2cn(S(=O)(=O)c3ccc(C(F)(F)F)cc3)c3ccccc23)Oc2c1ccc(O)c2CN1CCN(C(=O)O)CC1. The number of hydrogen-bond acceptors (Lipinski definition) is 7. The van der Waals surface area contributed by atoms with Gasteiger partial charge in [-0.1, -0.05) is 18.2 Å². The van der Waals surface area contributed by atoms with Gasteiger partial charge in [-0.3, -0.25) is 9.69 Å². The molecule has 0 atom stereocenters. The molecule has 3 heterocycles. The fraction of sp³-hybridized carbons (Fsp3) is 0.200. The van der Waals surface area contributed by atoms with E-state index in [4.69, 9.17) is 4.74 Å². The van der Waals surface area contributed by atoms with E-state index in [-0.39, 0.29) is 52.9 Å². The summed E-state index contributed by atoms with van der Waals surface area (Å²) in [6.45, 7) is 1.61. The highest BCUT2D eigenvalue weighted by atomic mass is 32.2. The highest BCUT2D eigenvalue weighted by Gasteiger charge is 2.34. The zero-order valence-electron chi connectivity index (χ0n) is 22.8. The largest absolute Gasteiger partial charge is 0.507 e. The minimum atomic E-state index is -4.63. The molecule has 2 N–H and O–H groups in total. The van der Waals surface area contributed by atoms with Crippen molar-refractivity contribution < 1.29 is 46.1 Å². The number of alkyl halides is 3. The molecular weight excluding hydrogens is 603 g/mol. The lowest BCUT2D eigenvalue weighted by molar-refractivity contribution is -0.137. The van der Waals surface area contributed by atoms with E-state index in [0.717, 1.165) is 16.1 Å². The van der Waals surface area contributed by atoms with Crippen molar-refractivity contribution in [1.82, 2.24) is 13.8 Å². The Bertz CT molecular complexity index is 1940. The third kappa shape index (κ3) is 5.15. The third-order valence-electron chi connectivity index (χ3n) is 7.67. The summed E-state index contributed by atoms with van der Waals surface area (Å²) < 4.78 is 73.1. The molecule has 1 amide bonds. The topological polar surface area (TPSA) is 129 Å². The second-order valence-electron chi connectivity index (χ2n) is 10.4. The number of phenolic OH excluding ortho intramolecular Hbond substituents is 1. The molecule has 6 rings (SSSR count). The monoisotopic (exact) mass is 627 g/mol. The average molecular weight is 628 g/mol. The van der Waals surface area contributed by atoms with Gasteiger partial charge in [-0.15, -0.1) is 0 Å². The molecule has 0 saturated carbocycles. The number of rotatable bonds is 5. The number of piperazine rings is 1. The van der Waals surface area contributed by atoms with Crippen LogP contribution < -0.4 is 4.74 Å². The predicted octanol–water partition coefficient (Wildman–Crippen LogP) is 5.01. The third-order valence-corrected chi connectivity index (χ3v) is 9.36. The molecule has 2 aliphatic heterocycles. The highest BCUT2D eigenvalue weighted by Crippen LogP contribution is 2.41. The molecule has 2 aliphatic rings. The number of para-hydroxylation sites is 1. The Morgan fingerprint density at radius 3 is 2.32 bits per heavy atom. The van der Waals surface area contributed by atoms with E-state index < -0.39 is 33.6 Å². The lowest BCUT2D eigenvalue weighted by atomic mass is 10.0. The van der Waals surface area contributed by atoms with Gasteiger partial charge in [0.25, 0.3) is 10.0 Å². The maximum atomic E-state index is 13.5. The summed E-state index contributed by atoms with van der Waals surface area (Å²) in [5.41, 5.74) is 0.122. The van der Waals surface area contributed by atoms with Gasteiger partial charge in [0, 0.05) is 49.9 Å². The number of nitrogens with zero attached hydrogens (tertiary/aromatic N) is 3. The van der Waals surface area contributed by atoms with Crippen LogP contribution in [0.4, 0.5) is 18.0 Å². The Morgan fingerprint density at radius 1 is 0.977 bits per heavy atom. The molecule has 1 fully saturated rings. The minimum Gasteiger partial charge on any atom is -0.507 e. The standard InChI is InChI=1S/C30H24F3N3O7S/c31-30(32,33)19-5-7-20(8-6-19)44(41,42)36-16-18(21-3-1-2-4-24(21)36)15-26-27(38)22-9-10-25(37)23(28(22)43-26)17-34-11-13-35(14-12-34)29(39)40/h1-10,15-16,37H,11-14,17H2,(H,39,40)/b26-15-. The van der Waals surface area contributed by atoms with E-state index in [1.165, 1.54) is 35.4 Å². The van der Waals surface area contributed by atoms with Crippen LogP contribution in [0.1, 0.15) is 27.0 Å². The van der Waals surface area contributed by atoms with E-state index in [1.54, 1.807) is 18.2 Å². The number of carbonyl (C=O) groups excluding carboxylic acids is 1. The summed E-state index contributed by atoms with van der Waals surface area (Å²) in [4.78, 5) is 27.5. The number of amides is 1. The molecule has 0 bridgehead atoms. The summed E-state index contributed by atoms with van der Waals surface area (Å²) >= 11 is 0. The predicted molar refractivity (Wildman–Crippen MR) is 152 cm³/mol. The van der Waals surface area contributed by atoms with Crippen molar-refractivity contribution in [1.29, 1.82) is 0 Å². The Kier molecular flexibility index (Phi) is 7.13. The van der Waals surface area contributed by atoms with Crippen LogP contribution in [0.25, 0.3) is 17.0 Å². The van der Waals surface area contributed by atoms with Crippen LogP contribution in [0.5, 0.6) is 11.5 Å². The lowest BCUT2D eigenvalue weighted by Crippen LogP contribution is -2.47. The quantitative estimate of drug-likeness (QED) is 0.296. The van der Waals surface area contributed by atoms with Gasteiger partial charge in [0.1, 0.15) is 11.5 Å². The molecule has 1 saturated heterocycles. The summed E-state index contributed by atoms with van der Waals surface area (Å²) in [6.07, 6.45) is -2.98. The van der Waals surface area contributed by atoms with Crippen molar-refractivity contribution in [2.24, 2.45) is 0 Å². The number of Topliss-reactive ketones (excluding diaryl/α,β-unsaturated/α-hetero) is 1. The molecule has 4 aromatic rings. The number of halogens is 3. The number of hydrogen-bond donors (Lipinski definition) is 2. The normalized spacial score (nSPS) is 16.8. The Labute approximate surface area is 248 Å². The molecular formula is C30H24F3N3O7S. The first kappa shape index (κ1) is 29.3. The van der Waals surface area contributed by atoms with Crippen LogP contribution in [-0.4, -0.2) is 70.5 Å². The Morgan fingerprint density at radius 2 is 1.66 bits per heavy atom. The van der Waals surface area contributed by atoms with Crippen LogP contribution in [0.15, 0.2) is 77.5 Å². The number of phenols is 1. The van der Waals surface area contributed by atoms with Gasteiger partial charge in [0.05, 0.1) is 27.1 Å². The van der Waals surface area contributed by atoms with E-state index >= 15 is 0 Å². The van der Waals surface area contributed by atoms with E-state index in [9.17, 15) is 41.4 Å². The molecule has 14 heteroatoms. The number of fused-ring (bicyclic) bond motifs is 2. The van der Waals surface area contributed by atoms with Crippen LogP contribution in [0.3, 0.4) is 0 Å². The number of aromatic nitrogens is 1. The Hall–Kier alpha value is -4.82. The molecule has 44 heavy (non-hydrogen) atoms. The summed E-state index contributed by atoms with van der Waals surface area (Å²) in [5.74, 6) is -0.544. The summed E-state index contributed by atoms with van der Waals surface area (Å²) in [7, 11) is -4.33. The molecule has 10 nitrogen and oxygen atoms in total. The van der Waals surface area contributed by atoms with Crippen molar-refractivity contribution >= 4 is 38.9 Å². The first-order valence-corrected chi connectivity index (χ1v) is 14.8. The number of ketones is 1. The number of ether oxygens (including phenoxy) is 1. The molecule has 0 radical (unpaired) electrons. The van der Waals surface area contributed by atoms with Gasteiger partial charge >= 0.3 is 12.3 Å². The lowest BCUT2D eigenvalue weighted by Gasteiger charge is -2.33. The fourth-order valence-corrected chi connectivity index (χ4v) is 6.71. The summed E-state index contributed by atoms with van der Waals surface area (Å²) in [6, 6.07) is 12.4. The smallest absolute Gasteiger partial charge is 0.416 e. The fourth-order valence-electron chi connectivity index (χ4n) is 5.33. The average Bonchev–Trinajstić information content (AvgIpc) is 3.52. The van der Waals surface area contributed by atoms with Crippen LogP contribution in [0, 0.1) is 0 Å². The zero-order chi connectivity index (χ0) is 31.4. The van der Waals surface area contributed by atoms with Gasteiger partial charge in [-0.25, -0.2) is 17.2 Å². The number of benzene rings is 3. The maximum absolute atomic E-state index is 13.5. The number of allylic oxidation sites excluding steroid dienone is 1. The number of carbonyl (C=O) groups is 2. The van der Waals surface area contributed by atoms with E-state index in [2.05, 4.69) is 0 Å². The van der Waals surface area contributed by atoms with Crippen LogP contribution in [0.2, 0.25) is 0 Å². The first-order chi connectivity index (χ1) is 20.8. The van der Waals surface area contributed by atoms with Gasteiger partial charge in [0.2, 0.25) is 5.78 Å². The second kappa shape index (κ2) is 10.7. The molecule has 0 aliphatic carbocycles. The Balaban J connectivity index is 1.33. The van der Waals surface area contributed by atoms with Crippen LogP contribution >= 0.6 is 0 Å². The minimum absolute atomic E-state index is 0.0994. The highest BCUT2D eigenvalue weighted by molar-refractivity contribution is 7.90. The number of aromatic hydroxyl groups is 1. The van der Waals surface area contributed by atoms with E-state index in [1.807, 2.05) is 4.90 Å². The first-order valence-electron chi connectivity index (χ1n) is 13.4. The molecule has 0 unspecified atom stereocenters. The molecule has 1 aromatic heterocycles. The second-order valence-corrected chi connectivity index (χ2v) is 12.2. The molecule has 3 aromatic carbocycles. The van der Waals surface area contributed by atoms with Crippen molar-refractivity contribution in [3.8, 4) is 11.5 Å². The molecule has 0 spiro atoms. The van der Waals surface area contributed by atoms with Gasteiger partial charge < -0.3 is 19.8 Å². The number of carboxylic acid groups (broad SMARTS) is 1. The van der Waals surface area contributed by atoms with E-state index in [0.29, 0.717) is 41.7 Å². The van der Waals surface area contributed by atoms with Gasteiger partial charge in [0.15, 0.2) is 5.76 Å².